The van der Waals surface area contributed by atoms with E-state index in [-0.39, 0.29) is 0 Å². The summed E-state index contributed by atoms with van der Waals surface area (Å²) in [5.41, 5.74) is 0.796. The molecule has 0 spiro atoms. The molecule has 1 heterocycles. The summed E-state index contributed by atoms with van der Waals surface area (Å²) < 4.78 is 41.8. The third-order valence-corrected chi connectivity index (χ3v) is 2.99. The van der Waals surface area contributed by atoms with Crippen molar-refractivity contribution in [2.45, 2.75) is 13.1 Å². The molecule has 0 radical (unpaired) electrons. The third-order valence-electron chi connectivity index (χ3n) is 2.99. The van der Waals surface area contributed by atoms with E-state index in [4.69, 9.17) is 0 Å². The topological polar surface area (TPSA) is 8.81 Å². The zero-order chi connectivity index (χ0) is 13.5. The summed E-state index contributed by atoms with van der Waals surface area (Å²) in [6, 6.07) is 3.82. The van der Waals surface area contributed by atoms with Gasteiger partial charge in [0.1, 0.15) is 12.4 Å². The minimum Gasteiger partial charge on any atom is -0.233 e. The van der Waals surface area contributed by atoms with Crippen molar-refractivity contribution >= 4 is 0 Å². The molecule has 0 aliphatic carbocycles. The monoisotopic (exact) mass is 255 g/mol. The highest BCUT2D eigenvalue weighted by molar-refractivity contribution is 5.59. The van der Waals surface area contributed by atoms with E-state index in [1.54, 1.807) is 0 Å². The number of rotatable bonds is 1. The molecule has 2 nitrogen and oxygen atoms in total. The van der Waals surface area contributed by atoms with Crippen LogP contribution < -0.4 is 4.57 Å². The SMILES string of the molecule is Cc1ccc(C(F)(F)F)cc1-c1n(C)cc[n+]1C. The van der Waals surface area contributed by atoms with Gasteiger partial charge >= 0.3 is 6.18 Å². The van der Waals surface area contributed by atoms with Crippen LogP contribution in [0.4, 0.5) is 13.2 Å². The smallest absolute Gasteiger partial charge is 0.233 e. The zero-order valence-corrected chi connectivity index (χ0v) is 10.4. The van der Waals surface area contributed by atoms with E-state index in [0.717, 1.165) is 17.5 Å². The first kappa shape index (κ1) is 12.7. The molecule has 18 heavy (non-hydrogen) atoms. The molecular weight excluding hydrogens is 241 g/mol. The first-order chi connectivity index (χ1) is 8.30. The maximum atomic E-state index is 12.7. The molecule has 0 bridgehead atoms. The Labute approximate surface area is 103 Å². The van der Waals surface area contributed by atoms with Gasteiger partial charge < -0.3 is 0 Å². The first-order valence-corrected chi connectivity index (χ1v) is 5.50. The van der Waals surface area contributed by atoms with Gasteiger partial charge in [0.05, 0.1) is 25.2 Å². The quantitative estimate of drug-likeness (QED) is 0.693. The summed E-state index contributed by atoms with van der Waals surface area (Å²) in [6.45, 7) is 1.81. The van der Waals surface area contributed by atoms with Crippen molar-refractivity contribution in [1.82, 2.24) is 4.57 Å². The van der Waals surface area contributed by atoms with E-state index < -0.39 is 11.7 Å². The Kier molecular flexibility index (Phi) is 2.92. The Morgan fingerprint density at radius 3 is 2.39 bits per heavy atom. The minimum atomic E-state index is -4.31. The molecule has 2 aromatic rings. The highest BCUT2D eigenvalue weighted by Gasteiger charge is 2.32. The van der Waals surface area contributed by atoms with Crippen molar-refractivity contribution in [3.63, 3.8) is 0 Å². The summed E-state index contributed by atoms with van der Waals surface area (Å²) in [5, 5.41) is 0. The van der Waals surface area contributed by atoms with E-state index in [0.29, 0.717) is 5.56 Å². The van der Waals surface area contributed by atoms with Crippen LogP contribution in [0.5, 0.6) is 0 Å². The minimum absolute atomic E-state index is 0.597. The summed E-state index contributed by atoms with van der Waals surface area (Å²) >= 11 is 0. The van der Waals surface area contributed by atoms with Crippen LogP contribution in [0.15, 0.2) is 30.6 Å². The van der Waals surface area contributed by atoms with Crippen LogP contribution >= 0.6 is 0 Å². The predicted octanol–water partition coefficient (Wildman–Crippen LogP) is 2.84. The number of benzene rings is 1. The summed E-state index contributed by atoms with van der Waals surface area (Å²) in [7, 11) is 3.63. The fraction of sp³-hybridized carbons (Fsp3) is 0.308. The van der Waals surface area contributed by atoms with Crippen LogP contribution in [0.25, 0.3) is 11.4 Å². The average molecular weight is 255 g/mol. The van der Waals surface area contributed by atoms with Gasteiger partial charge in [0.15, 0.2) is 0 Å². The highest BCUT2D eigenvalue weighted by Crippen LogP contribution is 2.32. The predicted molar refractivity (Wildman–Crippen MR) is 61.8 cm³/mol. The van der Waals surface area contributed by atoms with E-state index >= 15 is 0 Å². The fourth-order valence-corrected chi connectivity index (χ4v) is 2.01. The van der Waals surface area contributed by atoms with Crippen LogP contribution in [0.1, 0.15) is 11.1 Å². The summed E-state index contributed by atoms with van der Waals surface area (Å²) in [4.78, 5) is 0. The van der Waals surface area contributed by atoms with Gasteiger partial charge in [-0.15, -0.1) is 0 Å². The fourth-order valence-electron chi connectivity index (χ4n) is 2.01. The van der Waals surface area contributed by atoms with Gasteiger partial charge in [-0.2, -0.15) is 13.2 Å². The largest absolute Gasteiger partial charge is 0.416 e. The number of hydrogen-bond acceptors (Lipinski definition) is 0. The van der Waals surface area contributed by atoms with Crippen molar-refractivity contribution in [2.75, 3.05) is 0 Å². The Bertz CT molecular complexity index is 563. The number of hydrogen-bond donors (Lipinski definition) is 0. The third kappa shape index (κ3) is 2.12. The van der Waals surface area contributed by atoms with Crippen LogP contribution in [0.2, 0.25) is 0 Å². The maximum absolute atomic E-state index is 12.7. The van der Waals surface area contributed by atoms with Gasteiger partial charge in [0, 0.05) is 0 Å². The van der Waals surface area contributed by atoms with E-state index in [1.165, 1.54) is 12.1 Å². The van der Waals surface area contributed by atoms with Gasteiger partial charge in [-0.1, -0.05) is 6.07 Å². The van der Waals surface area contributed by atoms with Crippen LogP contribution in [0, 0.1) is 6.92 Å². The molecule has 0 atom stereocenters. The lowest BCUT2D eigenvalue weighted by molar-refractivity contribution is -0.659. The van der Waals surface area contributed by atoms with Crippen molar-refractivity contribution in [3.05, 3.63) is 41.7 Å². The second kappa shape index (κ2) is 4.15. The number of nitrogens with zero attached hydrogens (tertiary/aromatic N) is 2. The van der Waals surface area contributed by atoms with Crippen LogP contribution in [-0.4, -0.2) is 4.57 Å². The molecule has 0 saturated heterocycles. The normalized spacial score (nSPS) is 11.9. The number of alkyl halides is 3. The van der Waals surface area contributed by atoms with Gasteiger partial charge in [-0.3, -0.25) is 0 Å². The molecule has 0 saturated carbocycles. The molecule has 1 aromatic carbocycles. The molecule has 0 aliphatic heterocycles. The molecule has 2 rings (SSSR count). The van der Waals surface area contributed by atoms with E-state index in [1.807, 2.05) is 42.5 Å². The number of imidazole rings is 1. The van der Waals surface area contributed by atoms with Crippen molar-refractivity contribution < 1.29 is 17.7 Å². The lowest BCUT2D eigenvalue weighted by Crippen LogP contribution is -2.29. The molecular formula is C13H14F3N2+. The summed E-state index contributed by atoms with van der Waals surface area (Å²) in [5.74, 6) is 0.749. The average Bonchev–Trinajstić information content (AvgIpc) is 2.58. The van der Waals surface area contributed by atoms with E-state index in [2.05, 4.69) is 0 Å². The lowest BCUT2D eigenvalue weighted by Gasteiger charge is -2.10. The Morgan fingerprint density at radius 2 is 1.89 bits per heavy atom. The Morgan fingerprint density at radius 1 is 1.22 bits per heavy atom. The number of aromatic nitrogens is 2. The molecule has 1 aromatic heterocycles. The molecule has 0 amide bonds. The molecule has 0 unspecified atom stereocenters. The second-order valence-corrected chi connectivity index (χ2v) is 4.37. The molecule has 5 heteroatoms. The van der Waals surface area contributed by atoms with Gasteiger partial charge in [0.25, 0.3) is 5.82 Å². The highest BCUT2D eigenvalue weighted by atomic mass is 19.4. The number of halogens is 3. The Hall–Kier alpha value is -1.78. The van der Waals surface area contributed by atoms with Gasteiger partial charge in [-0.25, -0.2) is 9.13 Å². The first-order valence-electron chi connectivity index (χ1n) is 5.50. The van der Waals surface area contributed by atoms with E-state index in [9.17, 15) is 13.2 Å². The van der Waals surface area contributed by atoms with Crippen molar-refractivity contribution in [2.24, 2.45) is 14.1 Å². The van der Waals surface area contributed by atoms with Crippen molar-refractivity contribution in [1.29, 1.82) is 0 Å². The van der Waals surface area contributed by atoms with Gasteiger partial charge in [0.2, 0.25) is 0 Å². The van der Waals surface area contributed by atoms with Gasteiger partial charge in [-0.05, 0) is 24.6 Å². The van der Waals surface area contributed by atoms with Crippen molar-refractivity contribution in [3.8, 4) is 11.4 Å². The van der Waals surface area contributed by atoms with Crippen LogP contribution in [0.3, 0.4) is 0 Å². The summed E-state index contributed by atoms with van der Waals surface area (Å²) in [6.07, 6.45) is -0.684. The molecule has 0 aliphatic rings. The maximum Gasteiger partial charge on any atom is 0.416 e. The zero-order valence-electron chi connectivity index (χ0n) is 10.4. The second-order valence-electron chi connectivity index (χ2n) is 4.37. The number of aryl methyl sites for hydroxylation is 3. The standard InChI is InChI=1S/C13H14F3N2/c1-9-4-5-10(13(14,15)16)8-11(9)12-17(2)6-7-18(12)3/h4-8H,1-3H3/q+1. The Balaban J connectivity index is 2.65. The molecule has 0 N–H and O–H groups in total. The van der Waals surface area contributed by atoms with Crippen LogP contribution in [-0.2, 0) is 20.3 Å². The molecule has 96 valence electrons. The lowest BCUT2D eigenvalue weighted by atomic mass is 10.0. The molecule has 0 fully saturated rings.